The standard InChI is InChI=1S/C30H30FN3O9/c1-34(2)23-18-12-14-11-17-16(13-3-5-15(6-4-13)33-29(41)43-10-9-31)7-8-19(35)21(17)24(36)20(14)26(38)30(18,42)27(39)22(25(23)37)28(32)40/h3-8,14,18,20,22-23,35,42H,9-12H2,1-2H3,(H2,32,40)(H,33,41). The van der Waals surface area contributed by atoms with E-state index >= 15 is 0 Å². The van der Waals surface area contributed by atoms with E-state index in [1.54, 1.807) is 30.3 Å². The number of aliphatic hydroxyl groups is 1. The average molecular weight is 596 g/mol. The summed E-state index contributed by atoms with van der Waals surface area (Å²) in [5, 5.41) is 24.9. The molecule has 2 aromatic rings. The SMILES string of the molecule is CN(C)C1C(=O)C(C(N)=O)C(=O)C2(O)C(=O)C3C(=O)c4c(O)ccc(-c5ccc(NC(=O)OCCF)cc5)c4CC3CC12. The largest absolute Gasteiger partial charge is 0.507 e. The Bertz CT molecular complexity index is 1560. The first-order valence-electron chi connectivity index (χ1n) is 13.6. The molecule has 3 aliphatic rings. The first kappa shape index (κ1) is 30.0. The van der Waals surface area contributed by atoms with Crippen LogP contribution < -0.4 is 11.1 Å². The number of benzene rings is 2. The summed E-state index contributed by atoms with van der Waals surface area (Å²) >= 11 is 0. The highest BCUT2D eigenvalue weighted by atomic mass is 19.1. The van der Waals surface area contributed by atoms with Crippen LogP contribution in [-0.4, -0.2) is 89.3 Å². The lowest BCUT2D eigenvalue weighted by Gasteiger charge is -2.52. The molecule has 6 atom stereocenters. The third kappa shape index (κ3) is 4.68. The van der Waals surface area contributed by atoms with Crippen LogP contribution >= 0.6 is 0 Å². The minimum atomic E-state index is -2.79. The Morgan fingerprint density at radius 2 is 1.77 bits per heavy atom. The molecule has 12 nitrogen and oxygen atoms in total. The number of rotatable bonds is 6. The summed E-state index contributed by atoms with van der Waals surface area (Å²) in [6, 6.07) is 8.16. The molecular formula is C30H30FN3O9. The molecule has 0 bridgehead atoms. The normalized spacial score (nSPS) is 28.2. The Morgan fingerprint density at radius 3 is 2.37 bits per heavy atom. The van der Waals surface area contributed by atoms with Gasteiger partial charge in [-0.25, -0.2) is 9.18 Å². The average Bonchev–Trinajstić information content (AvgIpc) is 2.94. The van der Waals surface area contributed by atoms with Gasteiger partial charge in [0.15, 0.2) is 34.7 Å². The zero-order chi connectivity index (χ0) is 31.4. The smallest absolute Gasteiger partial charge is 0.411 e. The van der Waals surface area contributed by atoms with Crippen molar-refractivity contribution in [2.75, 3.05) is 32.7 Å². The van der Waals surface area contributed by atoms with Gasteiger partial charge in [0.05, 0.1) is 17.5 Å². The van der Waals surface area contributed by atoms with Crippen molar-refractivity contribution in [1.29, 1.82) is 0 Å². The van der Waals surface area contributed by atoms with Crippen molar-refractivity contribution in [3.05, 3.63) is 47.5 Å². The molecule has 6 unspecified atom stereocenters. The fourth-order valence-corrected chi connectivity index (χ4v) is 6.89. The molecule has 5 N–H and O–H groups in total. The molecule has 2 amide bonds. The third-order valence-corrected chi connectivity index (χ3v) is 8.70. The van der Waals surface area contributed by atoms with Gasteiger partial charge in [0.2, 0.25) is 5.91 Å². The molecule has 3 aliphatic carbocycles. The van der Waals surface area contributed by atoms with Crippen molar-refractivity contribution in [3.63, 3.8) is 0 Å². The second kappa shape index (κ2) is 11.0. The number of nitrogens with one attached hydrogen (secondary N) is 1. The number of carbonyl (C=O) groups excluding carboxylic acids is 6. The Balaban J connectivity index is 1.54. The number of amides is 2. The Hall–Kier alpha value is -4.49. The van der Waals surface area contributed by atoms with E-state index < -0.39 is 77.1 Å². The second-order valence-electron chi connectivity index (χ2n) is 11.3. The quantitative estimate of drug-likeness (QED) is 0.351. The molecule has 0 saturated heterocycles. The fraction of sp³-hybridized carbons (Fsp3) is 0.400. The maximum atomic E-state index is 13.9. The Kier molecular flexibility index (Phi) is 7.65. The van der Waals surface area contributed by atoms with Crippen molar-refractivity contribution in [3.8, 4) is 16.9 Å². The number of primary amides is 1. The number of ketones is 4. The van der Waals surface area contributed by atoms with E-state index in [-0.39, 0.29) is 30.8 Å². The lowest BCUT2D eigenvalue weighted by molar-refractivity contribution is -0.181. The van der Waals surface area contributed by atoms with E-state index in [9.17, 15) is 43.4 Å². The van der Waals surface area contributed by atoms with Crippen LogP contribution in [0.15, 0.2) is 36.4 Å². The van der Waals surface area contributed by atoms with E-state index in [0.29, 0.717) is 22.4 Å². The van der Waals surface area contributed by atoms with Crippen molar-refractivity contribution in [2.24, 2.45) is 29.4 Å². The van der Waals surface area contributed by atoms with Crippen LogP contribution in [0.2, 0.25) is 0 Å². The molecule has 43 heavy (non-hydrogen) atoms. The summed E-state index contributed by atoms with van der Waals surface area (Å²) in [7, 11) is 3.04. The number of ether oxygens (including phenoxy) is 1. The molecule has 5 rings (SSSR count). The predicted octanol–water partition coefficient (Wildman–Crippen LogP) is 1.05. The number of phenols is 1. The van der Waals surface area contributed by atoms with Crippen molar-refractivity contribution < 1.29 is 48.1 Å². The minimum Gasteiger partial charge on any atom is -0.507 e. The van der Waals surface area contributed by atoms with Crippen LogP contribution in [0, 0.1) is 23.7 Å². The van der Waals surface area contributed by atoms with Crippen LogP contribution in [0.1, 0.15) is 22.3 Å². The molecule has 0 heterocycles. The maximum absolute atomic E-state index is 13.9. The predicted molar refractivity (Wildman–Crippen MR) is 148 cm³/mol. The van der Waals surface area contributed by atoms with Gasteiger partial charge in [-0.3, -0.25) is 34.2 Å². The highest BCUT2D eigenvalue weighted by Gasteiger charge is 2.69. The number of likely N-dealkylation sites (N-methyl/N-ethyl adjacent to an activating group) is 1. The van der Waals surface area contributed by atoms with Gasteiger partial charge >= 0.3 is 6.09 Å². The number of nitrogens with two attached hydrogens (primary N) is 1. The van der Waals surface area contributed by atoms with Crippen LogP contribution in [0.25, 0.3) is 11.1 Å². The first-order valence-corrected chi connectivity index (χ1v) is 13.6. The van der Waals surface area contributed by atoms with Crippen LogP contribution in [-0.2, 0) is 30.3 Å². The van der Waals surface area contributed by atoms with E-state index in [2.05, 4.69) is 10.1 Å². The first-order chi connectivity index (χ1) is 20.3. The van der Waals surface area contributed by atoms with Crippen molar-refractivity contribution in [2.45, 2.75) is 24.5 Å². The molecule has 0 aliphatic heterocycles. The Morgan fingerprint density at radius 1 is 1.09 bits per heavy atom. The number of Topliss-reactive ketones (excluding diaryl/α,β-unsaturated/α-hetero) is 4. The zero-order valence-corrected chi connectivity index (χ0v) is 23.3. The highest BCUT2D eigenvalue weighted by Crippen LogP contribution is 2.51. The number of fused-ring (bicyclic) bond motifs is 3. The molecule has 2 saturated carbocycles. The number of alkyl halides is 1. The summed E-state index contributed by atoms with van der Waals surface area (Å²) in [5.41, 5.74) is 4.41. The zero-order valence-electron chi connectivity index (χ0n) is 23.3. The summed E-state index contributed by atoms with van der Waals surface area (Å²) in [6.07, 6.45) is -0.794. The van der Waals surface area contributed by atoms with Gasteiger partial charge in [0.25, 0.3) is 0 Å². The molecule has 226 valence electrons. The maximum Gasteiger partial charge on any atom is 0.411 e. The van der Waals surface area contributed by atoms with Crippen molar-refractivity contribution >= 4 is 40.8 Å². The Labute approximate surface area is 245 Å². The van der Waals surface area contributed by atoms with Gasteiger partial charge in [-0.1, -0.05) is 18.2 Å². The van der Waals surface area contributed by atoms with Gasteiger partial charge in [0.1, 0.15) is 19.0 Å². The van der Waals surface area contributed by atoms with Crippen LogP contribution in [0.4, 0.5) is 14.9 Å². The molecule has 0 aromatic heterocycles. The summed E-state index contributed by atoms with van der Waals surface area (Å²) in [4.78, 5) is 79.7. The molecule has 0 spiro atoms. The van der Waals surface area contributed by atoms with E-state index in [1.165, 1.54) is 25.1 Å². The summed E-state index contributed by atoms with van der Waals surface area (Å²) in [5.74, 6) is -11.2. The summed E-state index contributed by atoms with van der Waals surface area (Å²) in [6.45, 7) is -1.20. The summed E-state index contributed by atoms with van der Waals surface area (Å²) < 4.78 is 16.9. The van der Waals surface area contributed by atoms with E-state index in [4.69, 9.17) is 5.73 Å². The van der Waals surface area contributed by atoms with Crippen LogP contribution in [0.3, 0.4) is 0 Å². The molecular weight excluding hydrogens is 565 g/mol. The molecule has 2 aromatic carbocycles. The number of halogens is 1. The number of nitrogens with zero attached hydrogens (tertiary/aromatic N) is 1. The number of anilines is 1. The topological polar surface area (TPSA) is 193 Å². The lowest BCUT2D eigenvalue weighted by Crippen LogP contribution is -2.74. The monoisotopic (exact) mass is 595 g/mol. The lowest BCUT2D eigenvalue weighted by atomic mass is 9.52. The van der Waals surface area contributed by atoms with Crippen molar-refractivity contribution in [1.82, 2.24) is 4.90 Å². The fourth-order valence-electron chi connectivity index (χ4n) is 6.89. The highest BCUT2D eigenvalue weighted by molar-refractivity contribution is 6.32. The number of carbonyl (C=O) groups is 6. The number of aromatic hydroxyl groups is 1. The number of hydrogen-bond donors (Lipinski definition) is 4. The van der Waals surface area contributed by atoms with Gasteiger partial charge in [0, 0.05) is 11.6 Å². The van der Waals surface area contributed by atoms with E-state index in [1.807, 2.05) is 0 Å². The third-order valence-electron chi connectivity index (χ3n) is 8.70. The van der Waals surface area contributed by atoms with Gasteiger partial charge in [-0.2, -0.15) is 0 Å². The van der Waals surface area contributed by atoms with Gasteiger partial charge in [-0.15, -0.1) is 0 Å². The molecule has 2 fully saturated rings. The van der Waals surface area contributed by atoms with Gasteiger partial charge < -0.3 is 20.7 Å². The van der Waals surface area contributed by atoms with Gasteiger partial charge in [-0.05, 0) is 67.7 Å². The number of hydrogen-bond acceptors (Lipinski definition) is 10. The molecule has 13 heteroatoms. The second-order valence-corrected chi connectivity index (χ2v) is 11.3. The molecule has 0 radical (unpaired) electrons. The van der Waals surface area contributed by atoms with Crippen LogP contribution in [0.5, 0.6) is 5.75 Å². The number of phenolic OH excluding ortho intramolecular Hbond substituents is 1. The van der Waals surface area contributed by atoms with E-state index in [0.717, 1.165) is 0 Å². The minimum absolute atomic E-state index is 0.0666.